The number of nitrogens with zero attached hydrogens (tertiary/aromatic N) is 2. The molecule has 0 saturated carbocycles. The summed E-state index contributed by atoms with van der Waals surface area (Å²) in [5, 5.41) is 0. The summed E-state index contributed by atoms with van der Waals surface area (Å²) in [6.07, 6.45) is 2.71. The molecule has 6 heteroatoms. The Bertz CT molecular complexity index is 1050. The maximum absolute atomic E-state index is 12.3. The molecule has 2 aliphatic rings. The lowest BCUT2D eigenvalue weighted by Crippen LogP contribution is -2.17. The van der Waals surface area contributed by atoms with Crippen LogP contribution in [-0.4, -0.2) is 9.97 Å². The normalized spacial score (nSPS) is 11.4. The molecule has 0 saturated heterocycles. The van der Waals surface area contributed by atoms with Gasteiger partial charge in [-0.15, -0.1) is 0 Å². The quantitative estimate of drug-likeness (QED) is 0.478. The zero-order valence-corrected chi connectivity index (χ0v) is 9.99. The van der Waals surface area contributed by atoms with Gasteiger partial charge < -0.3 is 8.83 Å². The summed E-state index contributed by atoms with van der Waals surface area (Å²) in [5.74, 6) is 0. The van der Waals surface area contributed by atoms with Crippen molar-refractivity contribution in [2.45, 2.75) is 0 Å². The molecular weight excluding hydrogens is 260 g/mol. The van der Waals surface area contributed by atoms with Gasteiger partial charge in [0.2, 0.25) is 10.8 Å². The van der Waals surface area contributed by atoms with Crippen molar-refractivity contribution in [3.8, 4) is 0 Å². The minimum absolute atomic E-state index is 0.0146. The molecule has 4 rings (SSSR count). The third kappa shape index (κ3) is 1.33. The summed E-state index contributed by atoms with van der Waals surface area (Å²) in [4.78, 5) is 32.4. The Hall–Kier alpha value is -3.02. The van der Waals surface area contributed by atoms with Gasteiger partial charge in [0, 0.05) is 12.4 Å². The highest BCUT2D eigenvalue weighted by Gasteiger charge is 2.14. The third-order valence-electron chi connectivity index (χ3n) is 3.02. The van der Waals surface area contributed by atoms with Crippen LogP contribution in [-0.2, 0) is 0 Å². The molecule has 96 valence electrons. The van der Waals surface area contributed by atoms with E-state index >= 15 is 0 Å². The predicted octanol–water partition coefficient (Wildman–Crippen LogP) is 1.41. The topological polar surface area (TPSA) is 86.2 Å². The van der Waals surface area contributed by atoms with Gasteiger partial charge in [-0.1, -0.05) is 12.1 Å². The number of hydrogen-bond acceptors (Lipinski definition) is 6. The molecule has 1 aliphatic carbocycles. The van der Waals surface area contributed by atoms with Gasteiger partial charge in [0.1, 0.15) is 11.0 Å². The standard InChI is InChI=1S/C14H6N2O4/c17-11-9-10(16-6-5-15-9)12(18)14-13(11)19-7-3-1-2-4-8(7)20-14/h1-6H. The number of rotatable bonds is 0. The van der Waals surface area contributed by atoms with Gasteiger partial charge >= 0.3 is 0 Å². The second-order valence-corrected chi connectivity index (χ2v) is 4.22. The zero-order chi connectivity index (χ0) is 13.7. The molecule has 1 aliphatic heterocycles. The van der Waals surface area contributed by atoms with Crippen molar-refractivity contribution in [2.75, 3.05) is 0 Å². The molecule has 0 bridgehead atoms. The van der Waals surface area contributed by atoms with E-state index in [2.05, 4.69) is 9.97 Å². The average Bonchev–Trinajstić information content (AvgIpc) is 2.51. The average molecular weight is 266 g/mol. The SMILES string of the molecule is O=c1c2oc3ccccc3oc=2c(=O)c2nccnc12. The van der Waals surface area contributed by atoms with Crippen LogP contribution in [0.1, 0.15) is 0 Å². The summed E-state index contributed by atoms with van der Waals surface area (Å²) >= 11 is 0. The van der Waals surface area contributed by atoms with Crippen LogP contribution in [0.2, 0.25) is 0 Å². The predicted molar refractivity (Wildman–Crippen MR) is 69.4 cm³/mol. The Labute approximate surface area is 110 Å². The van der Waals surface area contributed by atoms with Crippen molar-refractivity contribution in [1.82, 2.24) is 9.97 Å². The molecule has 2 heterocycles. The maximum atomic E-state index is 12.3. The molecule has 2 aromatic rings. The fraction of sp³-hybridized carbons (Fsp3) is 0. The van der Waals surface area contributed by atoms with Crippen LogP contribution in [0.3, 0.4) is 0 Å². The molecule has 1 aromatic carbocycles. The molecule has 1 aromatic heterocycles. The van der Waals surface area contributed by atoms with Gasteiger partial charge in [0.05, 0.1) is 0 Å². The first-order chi connectivity index (χ1) is 9.75. The minimum atomic E-state index is -0.503. The number of aromatic nitrogens is 2. The lowest BCUT2D eigenvalue weighted by molar-refractivity contribution is 0.466. The lowest BCUT2D eigenvalue weighted by Gasteiger charge is -1.99. The van der Waals surface area contributed by atoms with Crippen LogP contribution in [0, 0.1) is 10.8 Å². The first kappa shape index (κ1) is 10.9. The van der Waals surface area contributed by atoms with Crippen LogP contribution in [0.4, 0.5) is 0 Å². The van der Waals surface area contributed by atoms with Crippen LogP contribution < -0.4 is 10.9 Å². The highest BCUT2D eigenvalue weighted by atomic mass is 16.4. The van der Waals surface area contributed by atoms with E-state index in [1.165, 1.54) is 12.4 Å². The van der Waals surface area contributed by atoms with Crippen LogP contribution in [0.5, 0.6) is 0 Å². The molecular formula is C14H6N2O4. The van der Waals surface area contributed by atoms with Crippen molar-refractivity contribution in [3.05, 3.63) is 67.9 Å². The van der Waals surface area contributed by atoms with Crippen molar-refractivity contribution >= 4 is 22.2 Å². The van der Waals surface area contributed by atoms with Crippen molar-refractivity contribution in [3.63, 3.8) is 0 Å². The molecule has 0 atom stereocenters. The molecule has 0 spiro atoms. The summed E-state index contributed by atoms with van der Waals surface area (Å²) in [6, 6.07) is 6.80. The summed E-state index contributed by atoms with van der Waals surface area (Å²) in [7, 11) is 0. The van der Waals surface area contributed by atoms with Gasteiger partial charge in [0.15, 0.2) is 11.2 Å². The molecule has 0 radical (unpaired) electrons. The molecule has 0 fully saturated rings. The molecule has 0 amide bonds. The first-order valence-corrected chi connectivity index (χ1v) is 5.85. The van der Waals surface area contributed by atoms with E-state index in [9.17, 15) is 9.59 Å². The molecule has 6 nitrogen and oxygen atoms in total. The zero-order valence-electron chi connectivity index (χ0n) is 9.99. The lowest BCUT2D eigenvalue weighted by atomic mass is 10.2. The van der Waals surface area contributed by atoms with Gasteiger partial charge in [-0.2, -0.15) is 0 Å². The Kier molecular flexibility index (Phi) is 2.03. The first-order valence-electron chi connectivity index (χ1n) is 5.85. The highest BCUT2D eigenvalue weighted by molar-refractivity contribution is 5.74. The molecule has 20 heavy (non-hydrogen) atoms. The van der Waals surface area contributed by atoms with E-state index in [1.807, 2.05) is 0 Å². The van der Waals surface area contributed by atoms with Crippen LogP contribution in [0.15, 0.2) is 55.1 Å². The number of fused-ring (bicyclic) bond motifs is 2. The molecule has 0 N–H and O–H groups in total. The number of hydrogen-bond donors (Lipinski definition) is 0. The van der Waals surface area contributed by atoms with Crippen molar-refractivity contribution in [2.24, 2.45) is 0 Å². The highest BCUT2D eigenvalue weighted by Crippen LogP contribution is 2.13. The fourth-order valence-electron chi connectivity index (χ4n) is 2.12. The number of para-hydroxylation sites is 2. The summed E-state index contributed by atoms with van der Waals surface area (Å²) < 4.78 is 11.0. The fourth-order valence-corrected chi connectivity index (χ4v) is 2.12. The van der Waals surface area contributed by atoms with E-state index in [0.29, 0.717) is 11.2 Å². The van der Waals surface area contributed by atoms with Gasteiger partial charge in [0.25, 0.3) is 10.9 Å². The Morgan fingerprint density at radius 1 is 0.750 bits per heavy atom. The summed E-state index contributed by atoms with van der Waals surface area (Å²) in [5.41, 5.74) is -0.532. The van der Waals surface area contributed by atoms with Gasteiger partial charge in [-0.05, 0) is 12.1 Å². The maximum Gasteiger partial charge on any atom is 0.252 e. The number of benzene rings is 1. The minimum Gasteiger partial charge on any atom is -0.445 e. The smallest absolute Gasteiger partial charge is 0.252 e. The second kappa shape index (κ2) is 3.74. The summed E-state index contributed by atoms with van der Waals surface area (Å²) in [6.45, 7) is 0. The molecule has 0 unspecified atom stereocenters. The second-order valence-electron chi connectivity index (χ2n) is 4.22. The van der Waals surface area contributed by atoms with E-state index in [-0.39, 0.29) is 21.9 Å². The Morgan fingerprint density at radius 3 is 1.65 bits per heavy atom. The third-order valence-corrected chi connectivity index (χ3v) is 3.02. The Balaban J connectivity index is 2.45. The van der Waals surface area contributed by atoms with Crippen LogP contribution >= 0.6 is 0 Å². The van der Waals surface area contributed by atoms with Crippen molar-refractivity contribution in [1.29, 1.82) is 0 Å². The van der Waals surface area contributed by atoms with E-state index in [4.69, 9.17) is 8.83 Å². The monoisotopic (exact) mass is 266 g/mol. The van der Waals surface area contributed by atoms with Crippen LogP contribution in [0.25, 0.3) is 22.2 Å². The van der Waals surface area contributed by atoms with Gasteiger partial charge in [-0.3, -0.25) is 9.59 Å². The largest absolute Gasteiger partial charge is 0.445 e. The van der Waals surface area contributed by atoms with E-state index in [1.54, 1.807) is 24.3 Å². The van der Waals surface area contributed by atoms with Crippen molar-refractivity contribution < 1.29 is 8.83 Å². The Morgan fingerprint density at radius 2 is 1.20 bits per heavy atom. The van der Waals surface area contributed by atoms with E-state index in [0.717, 1.165) is 0 Å². The van der Waals surface area contributed by atoms with E-state index < -0.39 is 10.9 Å². The van der Waals surface area contributed by atoms with Gasteiger partial charge in [-0.25, -0.2) is 9.97 Å².